The Kier molecular flexibility index (Phi) is 6.57. The summed E-state index contributed by atoms with van der Waals surface area (Å²) in [5.41, 5.74) is 2.75. The van der Waals surface area contributed by atoms with Crippen LogP contribution in [-0.4, -0.2) is 32.8 Å². The molecule has 6 nitrogen and oxygen atoms in total. The lowest BCUT2D eigenvalue weighted by Gasteiger charge is -2.25. The summed E-state index contributed by atoms with van der Waals surface area (Å²) in [6.45, 7) is 2.05. The summed E-state index contributed by atoms with van der Waals surface area (Å²) in [6, 6.07) is 23.3. The number of hydrogen-bond donors (Lipinski definition) is 1. The van der Waals surface area contributed by atoms with Gasteiger partial charge in [-0.2, -0.15) is 0 Å². The van der Waals surface area contributed by atoms with Crippen molar-refractivity contribution >= 4 is 17.3 Å². The standard InChI is InChI=1S/C25H26N2O4/c1-29-22-11-9-21(10-12-22)27(17-19-6-3-2-4-7-19)18-25(28)26-20-8-13-23-24(16-20)31-15-5-14-30-23/h2-4,6-13,16H,5,14-15,17-18H2,1H3,(H,26,28). The molecule has 1 N–H and O–H groups in total. The fourth-order valence-corrected chi connectivity index (χ4v) is 3.45. The van der Waals surface area contributed by atoms with Crippen LogP contribution in [0.15, 0.2) is 72.8 Å². The predicted molar refractivity (Wildman–Crippen MR) is 121 cm³/mol. The quantitative estimate of drug-likeness (QED) is 0.612. The number of hydrogen-bond acceptors (Lipinski definition) is 5. The van der Waals surface area contributed by atoms with E-state index in [1.807, 2.05) is 65.6 Å². The van der Waals surface area contributed by atoms with Crippen LogP contribution in [0.1, 0.15) is 12.0 Å². The summed E-state index contributed by atoms with van der Waals surface area (Å²) in [7, 11) is 1.64. The number of carbonyl (C=O) groups excluding carboxylic acids is 1. The van der Waals surface area contributed by atoms with Crippen molar-refractivity contribution in [2.45, 2.75) is 13.0 Å². The molecule has 6 heteroatoms. The van der Waals surface area contributed by atoms with Crippen LogP contribution in [0.2, 0.25) is 0 Å². The Bertz CT molecular complexity index is 1010. The molecular weight excluding hydrogens is 392 g/mol. The van der Waals surface area contributed by atoms with Gasteiger partial charge in [-0.15, -0.1) is 0 Å². The highest BCUT2D eigenvalue weighted by molar-refractivity contribution is 5.94. The van der Waals surface area contributed by atoms with Crippen LogP contribution in [-0.2, 0) is 11.3 Å². The molecule has 160 valence electrons. The number of anilines is 2. The van der Waals surface area contributed by atoms with Crippen LogP contribution in [0.3, 0.4) is 0 Å². The Labute approximate surface area is 182 Å². The Morgan fingerprint density at radius 3 is 2.45 bits per heavy atom. The van der Waals surface area contributed by atoms with Crippen LogP contribution in [0.25, 0.3) is 0 Å². The van der Waals surface area contributed by atoms with Crippen molar-refractivity contribution in [3.63, 3.8) is 0 Å². The lowest BCUT2D eigenvalue weighted by Crippen LogP contribution is -2.32. The lowest BCUT2D eigenvalue weighted by molar-refractivity contribution is -0.115. The maximum atomic E-state index is 12.9. The SMILES string of the molecule is COc1ccc(N(CC(=O)Nc2ccc3c(c2)OCCCO3)Cc2ccccc2)cc1. The van der Waals surface area contributed by atoms with Crippen LogP contribution >= 0.6 is 0 Å². The van der Waals surface area contributed by atoms with E-state index in [4.69, 9.17) is 14.2 Å². The second-order valence-electron chi connectivity index (χ2n) is 7.30. The molecule has 0 radical (unpaired) electrons. The summed E-state index contributed by atoms with van der Waals surface area (Å²) in [4.78, 5) is 14.9. The van der Waals surface area contributed by atoms with E-state index in [9.17, 15) is 4.79 Å². The lowest BCUT2D eigenvalue weighted by atomic mass is 10.2. The minimum Gasteiger partial charge on any atom is -0.497 e. The third kappa shape index (κ3) is 5.48. The molecule has 0 spiro atoms. The Hall–Kier alpha value is -3.67. The van der Waals surface area contributed by atoms with Gasteiger partial charge in [-0.3, -0.25) is 4.79 Å². The van der Waals surface area contributed by atoms with Gasteiger partial charge in [0.15, 0.2) is 11.5 Å². The molecule has 1 amide bonds. The number of carbonyl (C=O) groups is 1. The van der Waals surface area contributed by atoms with Crippen molar-refractivity contribution < 1.29 is 19.0 Å². The normalized spacial score (nSPS) is 12.5. The first-order valence-electron chi connectivity index (χ1n) is 10.3. The summed E-state index contributed by atoms with van der Waals surface area (Å²) in [5.74, 6) is 2.03. The molecule has 0 fully saturated rings. The van der Waals surface area contributed by atoms with Crippen molar-refractivity contribution in [1.29, 1.82) is 0 Å². The minimum atomic E-state index is -0.110. The molecule has 1 heterocycles. The van der Waals surface area contributed by atoms with Gasteiger partial charge in [0.05, 0.1) is 26.9 Å². The molecule has 4 rings (SSSR count). The fraction of sp³-hybridized carbons (Fsp3) is 0.240. The molecule has 0 aromatic heterocycles. The van der Waals surface area contributed by atoms with Gasteiger partial charge in [0.1, 0.15) is 5.75 Å². The molecule has 3 aromatic carbocycles. The van der Waals surface area contributed by atoms with Crippen molar-refractivity contribution in [2.75, 3.05) is 37.1 Å². The molecule has 3 aromatic rings. The number of amides is 1. The summed E-state index contributed by atoms with van der Waals surface area (Å²) >= 11 is 0. The van der Waals surface area contributed by atoms with Crippen molar-refractivity contribution in [1.82, 2.24) is 0 Å². The highest BCUT2D eigenvalue weighted by Crippen LogP contribution is 2.32. The van der Waals surface area contributed by atoms with E-state index in [1.165, 1.54) is 0 Å². The topological polar surface area (TPSA) is 60.0 Å². The van der Waals surface area contributed by atoms with E-state index in [2.05, 4.69) is 17.4 Å². The van der Waals surface area contributed by atoms with Crippen molar-refractivity contribution in [2.24, 2.45) is 0 Å². The Morgan fingerprint density at radius 1 is 0.968 bits per heavy atom. The minimum absolute atomic E-state index is 0.110. The molecule has 0 aliphatic carbocycles. The van der Waals surface area contributed by atoms with Gasteiger partial charge in [-0.1, -0.05) is 30.3 Å². The molecule has 31 heavy (non-hydrogen) atoms. The Balaban J connectivity index is 1.49. The summed E-state index contributed by atoms with van der Waals surface area (Å²) in [5, 5.41) is 2.98. The fourth-order valence-electron chi connectivity index (χ4n) is 3.45. The predicted octanol–water partition coefficient (Wildman–Crippen LogP) is 4.50. The van der Waals surface area contributed by atoms with Gasteiger partial charge in [0.2, 0.25) is 5.91 Å². The molecule has 0 saturated heterocycles. The van der Waals surface area contributed by atoms with Crippen LogP contribution < -0.4 is 24.4 Å². The van der Waals surface area contributed by atoms with Crippen LogP contribution in [0.5, 0.6) is 17.2 Å². The molecule has 1 aliphatic rings. The zero-order valence-corrected chi connectivity index (χ0v) is 17.5. The molecule has 0 atom stereocenters. The van der Waals surface area contributed by atoms with E-state index >= 15 is 0 Å². The first-order valence-corrected chi connectivity index (χ1v) is 10.3. The average Bonchev–Trinajstić information content (AvgIpc) is 3.04. The third-order valence-electron chi connectivity index (χ3n) is 5.02. The molecule has 1 aliphatic heterocycles. The van der Waals surface area contributed by atoms with Crippen molar-refractivity contribution in [3.05, 3.63) is 78.4 Å². The maximum Gasteiger partial charge on any atom is 0.243 e. The molecule has 0 saturated carbocycles. The van der Waals surface area contributed by atoms with Gasteiger partial charge in [-0.25, -0.2) is 0 Å². The molecular formula is C25H26N2O4. The van der Waals surface area contributed by atoms with E-state index in [0.29, 0.717) is 36.9 Å². The number of methoxy groups -OCH3 is 1. The average molecular weight is 418 g/mol. The molecule has 0 bridgehead atoms. The van der Waals surface area contributed by atoms with E-state index < -0.39 is 0 Å². The van der Waals surface area contributed by atoms with Crippen LogP contribution in [0, 0.1) is 0 Å². The number of nitrogens with one attached hydrogen (secondary N) is 1. The first kappa shape index (κ1) is 20.6. The highest BCUT2D eigenvalue weighted by atomic mass is 16.5. The van der Waals surface area contributed by atoms with Gasteiger partial charge >= 0.3 is 0 Å². The zero-order valence-electron chi connectivity index (χ0n) is 17.5. The summed E-state index contributed by atoms with van der Waals surface area (Å²) in [6.07, 6.45) is 0.840. The van der Waals surface area contributed by atoms with Crippen molar-refractivity contribution in [3.8, 4) is 17.2 Å². The zero-order chi connectivity index (χ0) is 21.5. The third-order valence-corrected chi connectivity index (χ3v) is 5.02. The van der Waals surface area contributed by atoms with E-state index in [-0.39, 0.29) is 12.5 Å². The number of ether oxygens (including phenoxy) is 3. The van der Waals surface area contributed by atoms with E-state index in [0.717, 1.165) is 23.4 Å². The van der Waals surface area contributed by atoms with Crippen LogP contribution in [0.4, 0.5) is 11.4 Å². The van der Waals surface area contributed by atoms with Gasteiger partial charge in [0.25, 0.3) is 0 Å². The molecule has 0 unspecified atom stereocenters. The smallest absolute Gasteiger partial charge is 0.243 e. The first-order chi connectivity index (χ1) is 15.2. The largest absolute Gasteiger partial charge is 0.497 e. The monoisotopic (exact) mass is 418 g/mol. The van der Waals surface area contributed by atoms with E-state index in [1.54, 1.807) is 7.11 Å². The van der Waals surface area contributed by atoms with Gasteiger partial charge < -0.3 is 24.4 Å². The maximum absolute atomic E-state index is 12.9. The Morgan fingerprint density at radius 2 is 1.71 bits per heavy atom. The number of fused-ring (bicyclic) bond motifs is 1. The second kappa shape index (κ2) is 9.89. The number of nitrogens with zero attached hydrogens (tertiary/aromatic N) is 1. The summed E-state index contributed by atoms with van der Waals surface area (Å²) < 4.78 is 16.6. The van der Waals surface area contributed by atoms with Gasteiger partial charge in [0, 0.05) is 30.4 Å². The number of rotatable bonds is 7. The highest BCUT2D eigenvalue weighted by Gasteiger charge is 2.15. The number of benzene rings is 3. The van der Waals surface area contributed by atoms with Gasteiger partial charge in [-0.05, 0) is 42.0 Å². The second-order valence-corrected chi connectivity index (χ2v) is 7.30.